The average molecular weight is 463 g/mol. The van der Waals surface area contributed by atoms with E-state index in [1.165, 1.54) is 10.8 Å². The minimum Gasteiger partial charge on any atom is -0.454 e. The molecule has 7 nitrogen and oxygen atoms in total. The summed E-state index contributed by atoms with van der Waals surface area (Å²) in [4.78, 5) is 24.2. The van der Waals surface area contributed by atoms with E-state index >= 15 is 0 Å². The van der Waals surface area contributed by atoms with Crippen LogP contribution in [0.4, 0.5) is 0 Å². The number of hydrogen-bond donors (Lipinski definition) is 0. The number of ether oxygens (including phenoxy) is 1. The topological polar surface area (TPSA) is 95.3 Å². The molecule has 3 rings (SSSR count). The monoisotopic (exact) mass is 462 g/mol. The number of halogens is 2. The number of ketones is 1. The van der Waals surface area contributed by atoms with E-state index in [1.807, 2.05) is 0 Å². The van der Waals surface area contributed by atoms with E-state index in [1.54, 1.807) is 19.1 Å². The Balaban J connectivity index is 1.64. The van der Waals surface area contributed by atoms with Gasteiger partial charge in [-0.25, -0.2) is 17.9 Å². The molecule has 1 saturated heterocycles. The molecule has 0 spiro atoms. The number of sulfone groups is 1. The van der Waals surface area contributed by atoms with E-state index in [0.29, 0.717) is 26.9 Å². The maximum atomic E-state index is 11.9. The van der Waals surface area contributed by atoms with Crippen LogP contribution in [0, 0.1) is 6.92 Å². The van der Waals surface area contributed by atoms with Crippen molar-refractivity contribution in [3.63, 3.8) is 0 Å². The lowest BCUT2D eigenvalue weighted by Crippen LogP contribution is -2.12. The number of esters is 1. The van der Waals surface area contributed by atoms with Crippen molar-refractivity contribution in [1.82, 2.24) is 9.78 Å². The molecule has 0 saturated carbocycles. The van der Waals surface area contributed by atoms with Gasteiger partial charge in [-0.15, -0.1) is 11.3 Å². The molecule has 150 valence electrons. The molecule has 0 radical (unpaired) electrons. The van der Waals surface area contributed by atoms with Gasteiger partial charge >= 0.3 is 5.97 Å². The summed E-state index contributed by atoms with van der Waals surface area (Å²) in [5.41, 5.74) is 1.06. The predicted octanol–water partition coefficient (Wildman–Crippen LogP) is 3.36. The van der Waals surface area contributed by atoms with Crippen LogP contribution in [0.2, 0.25) is 9.49 Å². The summed E-state index contributed by atoms with van der Waals surface area (Å²) in [5.74, 6) is -0.951. The Morgan fingerprint density at radius 2 is 2.14 bits per heavy atom. The number of carbonyl (C=O) groups excluding carboxylic acids is 2. The third kappa shape index (κ3) is 4.83. The predicted molar refractivity (Wildman–Crippen MR) is 108 cm³/mol. The molecule has 2 aromatic heterocycles. The Bertz CT molecular complexity index is 1060. The van der Waals surface area contributed by atoms with Crippen LogP contribution >= 0.6 is 34.5 Å². The number of aryl methyl sites for hydroxylation is 1. The first-order valence-corrected chi connectivity index (χ1v) is 11.6. The fourth-order valence-electron chi connectivity index (χ4n) is 2.80. The minimum atomic E-state index is -3.08. The molecule has 3 heterocycles. The standard InChI is InChI=1S/C17H16Cl2N2O5S2/c1-10-12(17(19)21(20-10)11-6-7-28(24,25)9-11)2-5-16(23)26-8-13(22)14-3-4-15(18)27-14/h2-5,11H,6-9H2,1H3/b5-2+/t11-/m1/s1. The summed E-state index contributed by atoms with van der Waals surface area (Å²) in [6, 6.07) is 2.85. The number of thiophene rings is 1. The second-order valence-electron chi connectivity index (χ2n) is 6.26. The van der Waals surface area contributed by atoms with E-state index in [-0.39, 0.29) is 28.5 Å². The lowest BCUT2D eigenvalue weighted by atomic mass is 10.2. The highest BCUT2D eigenvalue weighted by molar-refractivity contribution is 7.91. The highest BCUT2D eigenvalue weighted by atomic mass is 35.5. The number of nitrogens with zero attached hydrogens (tertiary/aromatic N) is 2. The second-order valence-corrected chi connectivity index (χ2v) is 10.6. The van der Waals surface area contributed by atoms with Crippen LogP contribution in [-0.4, -0.2) is 48.1 Å². The molecule has 0 unspecified atom stereocenters. The van der Waals surface area contributed by atoms with Gasteiger partial charge in [0.05, 0.1) is 32.5 Å². The quantitative estimate of drug-likeness (QED) is 0.371. The van der Waals surface area contributed by atoms with Crippen molar-refractivity contribution in [2.24, 2.45) is 0 Å². The molecular formula is C17H16Cl2N2O5S2. The zero-order valence-electron chi connectivity index (χ0n) is 14.7. The van der Waals surface area contributed by atoms with Gasteiger partial charge in [0.25, 0.3) is 0 Å². The molecule has 0 aromatic carbocycles. The summed E-state index contributed by atoms with van der Waals surface area (Å²) in [6.07, 6.45) is 3.04. The summed E-state index contributed by atoms with van der Waals surface area (Å²) in [7, 11) is -3.08. The van der Waals surface area contributed by atoms with Crippen LogP contribution in [0.3, 0.4) is 0 Å². The molecule has 0 N–H and O–H groups in total. The zero-order chi connectivity index (χ0) is 20.5. The number of rotatable bonds is 6. The zero-order valence-corrected chi connectivity index (χ0v) is 17.9. The van der Waals surface area contributed by atoms with E-state index in [2.05, 4.69) is 5.10 Å². The smallest absolute Gasteiger partial charge is 0.331 e. The van der Waals surface area contributed by atoms with Crippen LogP contribution in [0.15, 0.2) is 18.2 Å². The number of carbonyl (C=O) groups is 2. The van der Waals surface area contributed by atoms with Crippen LogP contribution in [0.25, 0.3) is 6.08 Å². The highest BCUT2D eigenvalue weighted by Gasteiger charge is 2.31. The SMILES string of the molecule is Cc1nn([C@@H]2CCS(=O)(=O)C2)c(Cl)c1/C=C/C(=O)OCC(=O)c1ccc(Cl)s1. The summed E-state index contributed by atoms with van der Waals surface area (Å²) < 4.78 is 30.2. The fourth-order valence-corrected chi connectivity index (χ4v) is 5.84. The van der Waals surface area contributed by atoms with Gasteiger partial charge in [-0.05, 0) is 31.6 Å². The third-order valence-corrected chi connectivity index (χ3v) is 7.60. The Morgan fingerprint density at radius 1 is 1.39 bits per heavy atom. The van der Waals surface area contributed by atoms with Crippen LogP contribution in [-0.2, 0) is 19.4 Å². The van der Waals surface area contributed by atoms with Crippen molar-refractivity contribution >= 4 is 62.2 Å². The molecule has 0 aliphatic carbocycles. The second kappa shape index (κ2) is 8.36. The van der Waals surface area contributed by atoms with E-state index in [4.69, 9.17) is 27.9 Å². The first-order valence-electron chi connectivity index (χ1n) is 8.24. The van der Waals surface area contributed by atoms with Gasteiger partial charge in [-0.1, -0.05) is 23.2 Å². The molecule has 1 aliphatic rings. The van der Waals surface area contributed by atoms with Gasteiger partial charge in [-0.3, -0.25) is 4.79 Å². The molecule has 11 heteroatoms. The first-order chi connectivity index (χ1) is 13.2. The van der Waals surface area contributed by atoms with Crippen molar-refractivity contribution in [2.45, 2.75) is 19.4 Å². The number of Topliss-reactive ketones (excluding diaryl/α,β-unsaturated/α-hetero) is 1. The lowest BCUT2D eigenvalue weighted by Gasteiger charge is -2.09. The van der Waals surface area contributed by atoms with Crippen LogP contribution in [0.5, 0.6) is 0 Å². The molecule has 1 aliphatic heterocycles. The van der Waals surface area contributed by atoms with Gasteiger partial charge < -0.3 is 4.74 Å². The number of aromatic nitrogens is 2. The van der Waals surface area contributed by atoms with Gasteiger partial charge in [0.2, 0.25) is 5.78 Å². The largest absolute Gasteiger partial charge is 0.454 e. The first kappa shape index (κ1) is 21.0. The molecular weight excluding hydrogens is 447 g/mol. The number of hydrogen-bond acceptors (Lipinski definition) is 7. The van der Waals surface area contributed by atoms with E-state index < -0.39 is 22.4 Å². The maximum Gasteiger partial charge on any atom is 0.331 e. The van der Waals surface area contributed by atoms with Crippen LogP contribution in [0.1, 0.15) is 33.4 Å². The molecule has 2 aromatic rings. The maximum absolute atomic E-state index is 11.9. The molecule has 1 fully saturated rings. The van der Waals surface area contributed by atoms with E-state index in [9.17, 15) is 18.0 Å². The summed E-state index contributed by atoms with van der Waals surface area (Å²) in [5, 5.41) is 4.56. The van der Waals surface area contributed by atoms with Crippen LogP contribution < -0.4 is 0 Å². The Labute approximate surface area is 175 Å². The van der Waals surface area contributed by atoms with Gasteiger partial charge in [-0.2, -0.15) is 5.10 Å². The molecule has 1 atom stereocenters. The molecule has 0 bridgehead atoms. The normalized spacial score (nSPS) is 18.6. The van der Waals surface area contributed by atoms with Crippen molar-refractivity contribution in [2.75, 3.05) is 18.1 Å². The van der Waals surface area contributed by atoms with Gasteiger partial charge in [0.1, 0.15) is 5.15 Å². The minimum absolute atomic E-state index is 0.00607. The van der Waals surface area contributed by atoms with Crippen molar-refractivity contribution in [1.29, 1.82) is 0 Å². The summed E-state index contributed by atoms with van der Waals surface area (Å²) >= 11 is 13.2. The Kier molecular flexibility index (Phi) is 6.28. The highest BCUT2D eigenvalue weighted by Crippen LogP contribution is 2.30. The fraction of sp³-hybridized carbons (Fsp3) is 0.353. The van der Waals surface area contributed by atoms with Crippen molar-refractivity contribution in [3.8, 4) is 0 Å². The van der Waals surface area contributed by atoms with Gasteiger partial charge in [0, 0.05) is 11.6 Å². The van der Waals surface area contributed by atoms with Crippen molar-refractivity contribution < 1.29 is 22.7 Å². The molecule has 28 heavy (non-hydrogen) atoms. The third-order valence-electron chi connectivity index (χ3n) is 4.20. The van der Waals surface area contributed by atoms with Crippen molar-refractivity contribution in [3.05, 3.63) is 43.8 Å². The Morgan fingerprint density at radius 3 is 2.75 bits per heavy atom. The Hall–Kier alpha value is -1.68. The lowest BCUT2D eigenvalue weighted by molar-refractivity contribution is -0.136. The van der Waals surface area contributed by atoms with Gasteiger partial charge in [0.15, 0.2) is 16.4 Å². The summed E-state index contributed by atoms with van der Waals surface area (Å²) in [6.45, 7) is 1.31. The average Bonchev–Trinajstić information content (AvgIpc) is 3.29. The van der Waals surface area contributed by atoms with E-state index in [0.717, 1.165) is 17.4 Å². The molecule has 0 amide bonds.